The molecule has 152 valence electrons. The molecule has 0 spiro atoms. The van der Waals surface area contributed by atoms with Gasteiger partial charge in [-0.25, -0.2) is 14.8 Å². The van der Waals surface area contributed by atoms with Gasteiger partial charge in [0.05, 0.1) is 11.5 Å². The molecule has 30 heavy (non-hydrogen) atoms. The molecule has 0 unspecified atom stereocenters. The number of carboxylic acid groups (broad SMARTS) is 1. The van der Waals surface area contributed by atoms with Gasteiger partial charge in [0.1, 0.15) is 12.0 Å². The maximum absolute atomic E-state index is 10.9. The molecular weight excluding hydrogens is 390 g/mol. The number of nitro groups is 1. The van der Waals surface area contributed by atoms with Crippen molar-refractivity contribution >= 4 is 11.7 Å². The highest BCUT2D eigenvalue weighted by Gasteiger charge is 2.13. The third-order valence-electron chi connectivity index (χ3n) is 3.96. The standard InChI is InChI=1S/C21H17N3O6/c25-21(26)17-14-30-20(23-17)15-10-11-22-16(13-15)7-3-1-2-6-12-29-19-9-5-4-8-18(19)24(27)28/h4-5,8-11,13-14H,1-2,6,12H2,(H,25,26). The Bertz CT molecular complexity index is 1110. The van der Waals surface area contributed by atoms with Crippen molar-refractivity contribution in [1.29, 1.82) is 0 Å². The predicted octanol–water partition coefficient (Wildman–Crippen LogP) is 3.94. The number of pyridine rings is 1. The van der Waals surface area contributed by atoms with E-state index in [0.717, 1.165) is 12.7 Å². The van der Waals surface area contributed by atoms with E-state index in [2.05, 4.69) is 21.8 Å². The molecule has 0 fully saturated rings. The van der Waals surface area contributed by atoms with Crippen LogP contribution in [0, 0.1) is 22.0 Å². The second kappa shape index (κ2) is 9.84. The van der Waals surface area contributed by atoms with Crippen LogP contribution in [0.1, 0.15) is 35.4 Å². The average Bonchev–Trinajstić information content (AvgIpc) is 3.24. The predicted molar refractivity (Wildman–Crippen MR) is 106 cm³/mol. The smallest absolute Gasteiger partial charge is 0.357 e. The van der Waals surface area contributed by atoms with Crippen LogP contribution in [-0.2, 0) is 0 Å². The Morgan fingerprint density at radius 3 is 2.87 bits per heavy atom. The lowest BCUT2D eigenvalue weighted by atomic mass is 10.2. The molecule has 0 saturated heterocycles. The van der Waals surface area contributed by atoms with E-state index in [1.165, 1.54) is 6.07 Å². The van der Waals surface area contributed by atoms with Crippen molar-refractivity contribution in [3.05, 3.63) is 70.4 Å². The van der Waals surface area contributed by atoms with Crippen molar-refractivity contribution in [3.63, 3.8) is 0 Å². The van der Waals surface area contributed by atoms with E-state index >= 15 is 0 Å². The number of hydrogen-bond donors (Lipinski definition) is 1. The second-order valence-corrected chi connectivity index (χ2v) is 6.10. The van der Waals surface area contributed by atoms with Gasteiger partial charge in [-0.3, -0.25) is 10.1 Å². The van der Waals surface area contributed by atoms with Gasteiger partial charge in [0.15, 0.2) is 11.4 Å². The molecule has 2 heterocycles. The fraction of sp³-hybridized carbons (Fsp3) is 0.190. The maximum Gasteiger partial charge on any atom is 0.357 e. The first kappa shape index (κ1) is 20.5. The van der Waals surface area contributed by atoms with Crippen LogP contribution in [0.15, 0.2) is 53.3 Å². The summed E-state index contributed by atoms with van der Waals surface area (Å²) in [7, 11) is 0. The van der Waals surface area contributed by atoms with Gasteiger partial charge in [-0.05, 0) is 37.0 Å². The quantitative estimate of drug-likeness (QED) is 0.257. The lowest BCUT2D eigenvalue weighted by Crippen LogP contribution is -2.00. The summed E-state index contributed by atoms with van der Waals surface area (Å²) in [6.45, 7) is 0.357. The highest BCUT2D eigenvalue weighted by molar-refractivity contribution is 5.85. The molecule has 0 atom stereocenters. The molecule has 0 amide bonds. The first-order valence-electron chi connectivity index (χ1n) is 9.05. The summed E-state index contributed by atoms with van der Waals surface area (Å²) in [4.78, 5) is 29.4. The van der Waals surface area contributed by atoms with Gasteiger partial charge in [-0.15, -0.1) is 0 Å². The van der Waals surface area contributed by atoms with E-state index in [1.54, 1.807) is 36.5 Å². The van der Waals surface area contributed by atoms with E-state index in [4.69, 9.17) is 14.3 Å². The minimum atomic E-state index is -1.16. The topological polar surface area (TPSA) is 129 Å². The van der Waals surface area contributed by atoms with Crippen LogP contribution in [0.25, 0.3) is 11.5 Å². The molecular formula is C21H17N3O6. The molecule has 1 aromatic carbocycles. The second-order valence-electron chi connectivity index (χ2n) is 6.10. The summed E-state index contributed by atoms with van der Waals surface area (Å²) in [6.07, 6.45) is 4.69. The van der Waals surface area contributed by atoms with Gasteiger partial charge in [0.2, 0.25) is 5.89 Å². The molecule has 0 saturated carbocycles. The highest BCUT2D eigenvalue weighted by atomic mass is 16.6. The van der Waals surface area contributed by atoms with E-state index in [-0.39, 0.29) is 23.0 Å². The van der Waals surface area contributed by atoms with Crippen molar-refractivity contribution in [2.45, 2.75) is 19.3 Å². The number of aromatic nitrogens is 2. The van der Waals surface area contributed by atoms with Crippen molar-refractivity contribution < 1.29 is 24.0 Å². The molecule has 9 heteroatoms. The molecule has 3 rings (SSSR count). The lowest BCUT2D eigenvalue weighted by molar-refractivity contribution is -0.385. The zero-order valence-electron chi connectivity index (χ0n) is 15.8. The molecule has 0 aliphatic heterocycles. The fourth-order valence-corrected chi connectivity index (χ4v) is 2.52. The normalized spacial score (nSPS) is 10.1. The Kier molecular flexibility index (Phi) is 6.74. The molecule has 0 aliphatic carbocycles. The third kappa shape index (κ3) is 5.42. The summed E-state index contributed by atoms with van der Waals surface area (Å²) in [5.74, 6) is 5.23. The number of ether oxygens (including phenoxy) is 1. The van der Waals surface area contributed by atoms with Crippen LogP contribution in [0.2, 0.25) is 0 Å². The minimum Gasteiger partial charge on any atom is -0.487 e. The zero-order valence-corrected chi connectivity index (χ0v) is 15.8. The van der Waals surface area contributed by atoms with Gasteiger partial charge in [0, 0.05) is 24.2 Å². The number of benzene rings is 1. The number of nitro benzene ring substituents is 1. The lowest BCUT2D eigenvalue weighted by Gasteiger charge is -2.05. The molecule has 3 aromatic rings. The SMILES string of the molecule is O=C(O)c1coc(-c2ccnc(C#CCCCCOc3ccccc3[N+](=O)[O-])c2)n1. The summed E-state index contributed by atoms with van der Waals surface area (Å²) < 4.78 is 10.7. The molecule has 0 aliphatic rings. The third-order valence-corrected chi connectivity index (χ3v) is 3.96. The number of aromatic carboxylic acids is 1. The Labute approximate surface area is 171 Å². The summed E-state index contributed by atoms with van der Waals surface area (Å²) in [6, 6.07) is 9.59. The number of rotatable bonds is 8. The van der Waals surface area contributed by atoms with Crippen molar-refractivity contribution in [2.75, 3.05) is 6.61 Å². The minimum absolute atomic E-state index is 0.0511. The fourth-order valence-electron chi connectivity index (χ4n) is 2.52. The average molecular weight is 407 g/mol. The maximum atomic E-state index is 10.9. The Balaban J connectivity index is 1.48. The summed E-state index contributed by atoms with van der Waals surface area (Å²) >= 11 is 0. The van der Waals surface area contributed by atoms with Gasteiger partial charge >= 0.3 is 11.7 Å². The number of carbonyl (C=O) groups is 1. The van der Waals surface area contributed by atoms with E-state index < -0.39 is 10.9 Å². The summed E-state index contributed by atoms with van der Waals surface area (Å²) in [5, 5.41) is 19.9. The first-order valence-corrected chi connectivity index (χ1v) is 9.05. The number of hydrogen-bond acceptors (Lipinski definition) is 7. The van der Waals surface area contributed by atoms with Crippen LogP contribution in [0.5, 0.6) is 5.75 Å². The van der Waals surface area contributed by atoms with E-state index in [1.807, 2.05) is 0 Å². The molecule has 0 radical (unpaired) electrons. The Hall–Kier alpha value is -4.19. The number of nitrogens with zero attached hydrogens (tertiary/aromatic N) is 3. The van der Waals surface area contributed by atoms with Crippen LogP contribution in [0.3, 0.4) is 0 Å². The van der Waals surface area contributed by atoms with Crippen molar-refractivity contribution in [2.24, 2.45) is 0 Å². The van der Waals surface area contributed by atoms with Crippen molar-refractivity contribution in [3.8, 4) is 29.0 Å². The molecule has 9 nitrogen and oxygen atoms in total. The van der Waals surface area contributed by atoms with Crippen LogP contribution in [0.4, 0.5) is 5.69 Å². The highest BCUT2D eigenvalue weighted by Crippen LogP contribution is 2.26. The Morgan fingerprint density at radius 2 is 2.10 bits per heavy atom. The first-order chi connectivity index (χ1) is 14.5. The van der Waals surface area contributed by atoms with Gasteiger partial charge in [-0.2, -0.15) is 0 Å². The number of carboxylic acids is 1. The molecule has 1 N–H and O–H groups in total. The number of para-hydroxylation sites is 2. The van der Waals surface area contributed by atoms with Crippen LogP contribution in [-0.4, -0.2) is 32.6 Å². The Morgan fingerprint density at radius 1 is 1.27 bits per heavy atom. The van der Waals surface area contributed by atoms with Crippen LogP contribution < -0.4 is 4.74 Å². The monoisotopic (exact) mass is 407 g/mol. The van der Waals surface area contributed by atoms with Crippen LogP contribution >= 0.6 is 0 Å². The van der Waals surface area contributed by atoms with Gasteiger partial charge < -0.3 is 14.3 Å². The largest absolute Gasteiger partial charge is 0.487 e. The van der Waals surface area contributed by atoms with E-state index in [9.17, 15) is 14.9 Å². The number of unbranched alkanes of at least 4 members (excludes halogenated alkanes) is 2. The zero-order chi connectivity index (χ0) is 21.3. The number of oxazole rings is 1. The van der Waals surface area contributed by atoms with Gasteiger partial charge in [-0.1, -0.05) is 18.1 Å². The molecule has 2 aromatic heterocycles. The van der Waals surface area contributed by atoms with Gasteiger partial charge in [0.25, 0.3) is 0 Å². The molecule has 0 bridgehead atoms. The van der Waals surface area contributed by atoms with E-state index in [0.29, 0.717) is 30.7 Å². The summed E-state index contributed by atoms with van der Waals surface area (Å²) in [5.41, 5.74) is 0.876. The van der Waals surface area contributed by atoms with Crippen molar-refractivity contribution in [1.82, 2.24) is 9.97 Å².